The summed E-state index contributed by atoms with van der Waals surface area (Å²) in [6, 6.07) is 2.63. The van der Waals surface area contributed by atoms with Crippen LogP contribution < -0.4 is 0 Å². The second kappa shape index (κ2) is 3.31. The number of halogens is 2. The zero-order valence-electron chi connectivity index (χ0n) is 6.96. The number of H-pyrrole nitrogens is 1. The number of hydrogen-bond donors (Lipinski definition) is 2. The van der Waals surface area contributed by atoms with Gasteiger partial charge in [0.2, 0.25) is 0 Å². The minimum Gasteiger partial charge on any atom is -0.506 e. The molecule has 1 aromatic heterocycles. The summed E-state index contributed by atoms with van der Waals surface area (Å²) < 4.78 is 12.9. The molecule has 0 radical (unpaired) electrons. The van der Waals surface area contributed by atoms with Gasteiger partial charge < -0.3 is 10.1 Å². The summed E-state index contributed by atoms with van der Waals surface area (Å²) in [5, 5.41) is 9.25. The van der Waals surface area contributed by atoms with Crippen molar-refractivity contribution in [3.8, 4) is 17.0 Å². The van der Waals surface area contributed by atoms with Gasteiger partial charge in [0, 0.05) is 5.56 Å². The lowest BCUT2D eigenvalue weighted by atomic mass is 10.1. The molecular weight excluding hydrogens is 207 g/mol. The van der Waals surface area contributed by atoms with Crippen molar-refractivity contribution in [3.05, 3.63) is 35.5 Å². The highest BCUT2D eigenvalue weighted by atomic mass is 35.5. The van der Waals surface area contributed by atoms with Crippen LogP contribution in [0.1, 0.15) is 0 Å². The molecule has 5 heteroatoms. The van der Waals surface area contributed by atoms with E-state index in [-0.39, 0.29) is 10.8 Å². The number of nitrogens with zero attached hydrogens (tertiary/aromatic N) is 1. The lowest BCUT2D eigenvalue weighted by Gasteiger charge is -2.03. The molecule has 1 heterocycles. The molecule has 0 saturated heterocycles. The molecular formula is C9H6ClFN2O. The summed E-state index contributed by atoms with van der Waals surface area (Å²) in [5.41, 5.74) is 1.01. The smallest absolute Gasteiger partial charge is 0.146 e. The zero-order valence-corrected chi connectivity index (χ0v) is 7.72. The van der Waals surface area contributed by atoms with E-state index in [1.165, 1.54) is 24.7 Å². The van der Waals surface area contributed by atoms with Crippen molar-refractivity contribution in [3.63, 3.8) is 0 Å². The topological polar surface area (TPSA) is 48.9 Å². The van der Waals surface area contributed by atoms with E-state index in [2.05, 4.69) is 9.97 Å². The lowest BCUT2D eigenvalue weighted by Crippen LogP contribution is -1.83. The third-order valence-electron chi connectivity index (χ3n) is 1.86. The minimum atomic E-state index is -0.646. The summed E-state index contributed by atoms with van der Waals surface area (Å²) in [5.74, 6) is -0.927. The molecule has 0 atom stereocenters. The van der Waals surface area contributed by atoms with Crippen LogP contribution in [-0.4, -0.2) is 15.1 Å². The molecule has 0 bridgehead atoms. The molecule has 72 valence electrons. The molecule has 0 aliphatic rings. The third-order valence-corrected chi connectivity index (χ3v) is 2.22. The Labute approximate surface area is 84.2 Å². The maximum atomic E-state index is 12.9. The quantitative estimate of drug-likeness (QED) is 0.763. The fourth-order valence-electron chi connectivity index (χ4n) is 1.16. The van der Waals surface area contributed by atoms with Gasteiger partial charge in [-0.3, -0.25) is 0 Å². The molecule has 0 aliphatic heterocycles. The van der Waals surface area contributed by atoms with Crippen LogP contribution >= 0.6 is 11.6 Å². The largest absolute Gasteiger partial charge is 0.506 e. The average molecular weight is 213 g/mol. The van der Waals surface area contributed by atoms with Gasteiger partial charge >= 0.3 is 0 Å². The van der Waals surface area contributed by atoms with E-state index in [1.807, 2.05) is 0 Å². The Morgan fingerprint density at radius 2 is 2.21 bits per heavy atom. The van der Waals surface area contributed by atoms with E-state index in [9.17, 15) is 9.50 Å². The van der Waals surface area contributed by atoms with Crippen LogP contribution in [0.3, 0.4) is 0 Å². The molecule has 3 nitrogen and oxygen atoms in total. The Morgan fingerprint density at radius 3 is 2.86 bits per heavy atom. The zero-order chi connectivity index (χ0) is 10.1. The highest BCUT2D eigenvalue weighted by Crippen LogP contribution is 2.35. The fourth-order valence-corrected chi connectivity index (χ4v) is 1.33. The van der Waals surface area contributed by atoms with Crippen LogP contribution in [0.5, 0.6) is 5.75 Å². The first-order valence-corrected chi connectivity index (χ1v) is 4.23. The van der Waals surface area contributed by atoms with E-state index in [0.29, 0.717) is 11.3 Å². The SMILES string of the molecule is Oc1c(-c2cnc[nH]2)ccc(F)c1Cl. The number of phenols is 1. The Kier molecular flexibility index (Phi) is 2.13. The number of phenolic OH excluding ortho intramolecular Hbond substituents is 1. The number of hydrogen-bond acceptors (Lipinski definition) is 2. The summed E-state index contributed by atoms with van der Waals surface area (Å²) in [7, 11) is 0. The monoisotopic (exact) mass is 212 g/mol. The summed E-state index contributed by atoms with van der Waals surface area (Å²) in [6.07, 6.45) is 2.98. The van der Waals surface area contributed by atoms with E-state index in [4.69, 9.17) is 11.6 Å². The second-order valence-electron chi connectivity index (χ2n) is 2.72. The number of aromatic amines is 1. The number of imidazole rings is 1. The van der Waals surface area contributed by atoms with Crippen molar-refractivity contribution < 1.29 is 9.50 Å². The predicted octanol–water partition coefficient (Wildman–Crippen LogP) is 2.57. The molecule has 0 unspecified atom stereocenters. The van der Waals surface area contributed by atoms with Gasteiger partial charge in [0.15, 0.2) is 0 Å². The number of aromatic nitrogens is 2. The molecule has 1 aromatic carbocycles. The number of nitrogens with one attached hydrogen (secondary N) is 1. The van der Waals surface area contributed by atoms with Gasteiger partial charge in [0.05, 0.1) is 18.2 Å². The fraction of sp³-hybridized carbons (Fsp3) is 0. The molecule has 0 spiro atoms. The summed E-state index contributed by atoms with van der Waals surface area (Å²) >= 11 is 5.54. The second-order valence-corrected chi connectivity index (χ2v) is 3.10. The van der Waals surface area contributed by atoms with Crippen LogP contribution in [0.4, 0.5) is 4.39 Å². The average Bonchev–Trinajstić information content (AvgIpc) is 2.67. The minimum absolute atomic E-state index is 0.280. The number of benzene rings is 1. The molecule has 0 fully saturated rings. The van der Waals surface area contributed by atoms with Gasteiger partial charge in [-0.05, 0) is 12.1 Å². The first kappa shape index (κ1) is 9.02. The summed E-state index contributed by atoms with van der Waals surface area (Å²) in [6.45, 7) is 0. The predicted molar refractivity (Wildman–Crippen MR) is 50.7 cm³/mol. The van der Waals surface area contributed by atoms with Crippen molar-refractivity contribution >= 4 is 11.6 Å². The van der Waals surface area contributed by atoms with Crippen LogP contribution in [0.2, 0.25) is 5.02 Å². The van der Waals surface area contributed by atoms with Crippen molar-refractivity contribution in [2.75, 3.05) is 0 Å². The van der Waals surface area contributed by atoms with Crippen LogP contribution in [-0.2, 0) is 0 Å². The van der Waals surface area contributed by atoms with E-state index < -0.39 is 5.82 Å². The Balaban J connectivity index is 2.61. The molecule has 0 amide bonds. The van der Waals surface area contributed by atoms with Crippen LogP contribution in [0.15, 0.2) is 24.7 Å². The van der Waals surface area contributed by atoms with Gasteiger partial charge in [-0.2, -0.15) is 0 Å². The maximum Gasteiger partial charge on any atom is 0.146 e. The van der Waals surface area contributed by atoms with Crippen molar-refractivity contribution in [2.24, 2.45) is 0 Å². The van der Waals surface area contributed by atoms with Crippen molar-refractivity contribution in [1.29, 1.82) is 0 Å². The van der Waals surface area contributed by atoms with Gasteiger partial charge in [-0.25, -0.2) is 9.37 Å². The van der Waals surface area contributed by atoms with Gasteiger partial charge in [-0.15, -0.1) is 0 Å². The van der Waals surface area contributed by atoms with Crippen LogP contribution in [0, 0.1) is 5.82 Å². The molecule has 0 saturated carbocycles. The van der Waals surface area contributed by atoms with Gasteiger partial charge in [0.1, 0.15) is 16.6 Å². The Bertz CT molecular complexity index is 456. The van der Waals surface area contributed by atoms with E-state index >= 15 is 0 Å². The molecule has 2 aromatic rings. The lowest BCUT2D eigenvalue weighted by molar-refractivity contribution is 0.471. The van der Waals surface area contributed by atoms with Crippen molar-refractivity contribution in [2.45, 2.75) is 0 Å². The van der Waals surface area contributed by atoms with Gasteiger partial charge in [-0.1, -0.05) is 11.6 Å². The standard InChI is InChI=1S/C9H6ClFN2O/c10-8-6(11)2-1-5(9(8)14)7-3-12-4-13-7/h1-4,14H,(H,12,13). The van der Waals surface area contributed by atoms with Crippen LogP contribution in [0.25, 0.3) is 11.3 Å². The first-order valence-electron chi connectivity index (χ1n) is 3.86. The third kappa shape index (κ3) is 1.33. The maximum absolute atomic E-state index is 12.9. The van der Waals surface area contributed by atoms with E-state index in [1.54, 1.807) is 0 Å². The van der Waals surface area contributed by atoms with Crippen molar-refractivity contribution in [1.82, 2.24) is 9.97 Å². The Hall–Kier alpha value is -1.55. The number of aromatic hydroxyl groups is 1. The summed E-state index contributed by atoms with van der Waals surface area (Å²) in [4.78, 5) is 6.58. The van der Waals surface area contributed by atoms with E-state index in [0.717, 1.165) is 0 Å². The number of rotatable bonds is 1. The molecule has 2 rings (SSSR count). The normalized spacial score (nSPS) is 10.4. The molecule has 2 N–H and O–H groups in total. The highest BCUT2D eigenvalue weighted by Gasteiger charge is 2.12. The first-order chi connectivity index (χ1) is 6.70. The Morgan fingerprint density at radius 1 is 1.43 bits per heavy atom. The van der Waals surface area contributed by atoms with Gasteiger partial charge in [0.25, 0.3) is 0 Å². The molecule has 14 heavy (non-hydrogen) atoms. The molecule has 0 aliphatic carbocycles. The highest BCUT2D eigenvalue weighted by molar-refractivity contribution is 6.32.